The summed E-state index contributed by atoms with van der Waals surface area (Å²) in [6.45, 7) is 2.33. The topological polar surface area (TPSA) is 81.5 Å². The van der Waals surface area contributed by atoms with Gasteiger partial charge in [0.15, 0.2) is 0 Å². The van der Waals surface area contributed by atoms with Crippen LogP contribution in [0.2, 0.25) is 0 Å². The predicted molar refractivity (Wildman–Crippen MR) is 65.4 cm³/mol. The van der Waals surface area contributed by atoms with Gasteiger partial charge in [0.25, 0.3) is 11.6 Å². The fourth-order valence-corrected chi connectivity index (χ4v) is 1.90. The van der Waals surface area contributed by atoms with E-state index in [4.69, 9.17) is 4.74 Å². The van der Waals surface area contributed by atoms with Crippen LogP contribution >= 0.6 is 0 Å². The summed E-state index contributed by atoms with van der Waals surface area (Å²) in [7, 11) is 0. The van der Waals surface area contributed by atoms with E-state index in [9.17, 15) is 14.9 Å². The molecule has 0 radical (unpaired) electrons. The average Bonchev–Trinajstić information content (AvgIpc) is 2.84. The molecule has 1 N–H and O–H groups in total. The van der Waals surface area contributed by atoms with E-state index in [1.54, 1.807) is 19.1 Å². The molecule has 1 saturated heterocycles. The summed E-state index contributed by atoms with van der Waals surface area (Å²) < 4.78 is 5.23. The van der Waals surface area contributed by atoms with Gasteiger partial charge in [-0.2, -0.15) is 0 Å². The lowest BCUT2D eigenvalue weighted by molar-refractivity contribution is -0.384. The van der Waals surface area contributed by atoms with Crippen molar-refractivity contribution < 1.29 is 14.5 Å². The van der Waals surface area contributed by atoms with Crippen LogP contribution in [0.15, 0.2) is 18.2 Å². The second kappa shape index (κ2) is 5.14. The number of amides is 1. The first-order valence-electron chi connectivity index (χ1n) is 5.75. The van der Waals surface area contributed by atoms with Gasteiger partial charge in [0.1, 0.15) is 11.8 Å². The van der Waals surface area contributed by atoms with Crippen LogP contribution in [0, 0.1) is 17.0 Å². The van der Waals surface area contributed by atoms with E-state index in [1.807, 2.05) is 0 Å². The first-order valence-corrected chi connectivity index (χ1v) is 5.75. The maximum atomic E-state index is 11.8. The Kier molecular flexibility index (Phi) is 3.57. The lowest BCUT2D eigenvalue weighted by atomic mass is 10.1. The van der Waals surface area contributed by atoms with Crippen molar-refractivity contribution in [2.24, 2.45) is 0 Å². The quantitative estimate of drug-likeness (QED) is 0.657. The monoisotopic (exact) mass is 250 g/mol. The van der Waals surface area contributed by atoms with Crippen molar-refractivity contribution >= 4 is 17.3 Å². The summed E-state index contributed by atoms with van der Waals surface area (Å²) >= 11 is 0. The zero-order valence-electron chi connectivity index (χ0n) is 10.0. The largest absolute Gasteiger partial charge is 0.368 e. The molecule has 1 heterocycles. The highest BCUT2D eigenvalue weighted by molar-refractivity contribution is 5.96. The SMILES string of the molecule is Cc1ccc(NC(=O)[C@H]2CCCO2)c([N+](=O)[O-])c1. The van der Waals surface area contributed by atoms with Crippen molar-refractivity contribution in [3.63, 3.8) is 0 Å². The Balaban J connectivity index is 2.17. The number of aryl methyl sites for hydroxylation is 1. The number of nitrogens with one attached hydrogen (secondary N) is 1. The second-order valence-electron chi connectivity index (χ2n) is 4.27. The molecule has 6 nitrogen and oxygen atoms in total. The Morgan fingerprint density at radius 1 is 1.56 bits per heavy atom. The molecule has 6 heteroatoms. The molecule has 0 aromatic heterocycles. The molecule has 0 spiro atoms. The minimum absolute atomic E-state index is 0.0960. The Morgan fingerprint density at radius 2 is 2.33 bits per heavy atom. The number of nitro benzene ring substituents is 1. The van der Waals surface area contributed by atoms with Crippen LogP contribution in [-0.2, 0) is 9.53 Å². The Hall–Kier alpha value is -1.95. The molecule has 1 aliphatic heterocycles. The number of nitrogens with zero attached hydrogens (tertiary/aromatic N) is 1. The van der Waals surface area contributed by atoms with E-state index in [-0.39, 0.29) is 17.3 Å². The molecule has 1 fully saturated rings. The lowest BCUT2D eigenvalue weighted by Crippen LogP contribution is -2.27. The van der Waals surface area contributed by atoms with Crippen LogP contribution in [0.3, 0.4) is 0 Å². The van der Waals surface area contributed by atoms with Crippen LogP contribution in [0.25, 0.3) is 0 Å². The highest BCUT2D eigenvalue weighted by atomic mass is 16.6. The summed E-state index contributed by atoms with van der Waals surface area (Å²) in [5.41, 5.74) is 0.893. The summed E-state index contributed by atoms with van der Waals surface area (Å²) in [6, 6.07) is 4.70. The minimum atomic E-state index is -0.502. The van der Waals surface area contributed by atoms with Crippen molar-refractivity contribution in [1.29, 1.82) is 0 Å². The van der Waals surface area contributed by atoms with Gasteiger partial charge in [0.05, 0.1) is 4.92 Å². The zero-order chi connectivity index (χ0) is 13.1. The molecule has 1 atom stereocenters. The van der Waals surface area contributed by atoms with Gasteiger partial charge in [-0.3, -0.25) is 14.9 Å². The Morgan fingerprint density at radius 3 is 2.94 bits per heavy atom. The third-order valence-corrected chi connectivity index (χ3v) is 2.83. The number of anilines is 1. The first-order chi connectivity index (χ1) is 8.58. The van der Waals surface area contributed by atoms with Gasteiger partial charge in [0, 0.05) is 12.7 Å². The summed E-state index contributed by atoms with van der Waals surface area (Å²) in [4.78, 5) is 22.2. The van der Waals surface area contributed by atoms with Crippen LogP contribution < -0.4 is 5.32 Å². The standard InChI is InChI=1S/C12H14N2O4/c1-8-4-5-9(10(7-8)14(16)17)13-12(15)11-3-2-6-18-11/h4-5,7,11H,2-3,6H2,1H3,(H,13,15)/t11-/m1/s1. The molecule has 1 aromatic rings. The molecule has 2 rings (SSSR count). The molecular weight excluding hydrogens is 236 g/mol. The highest BCUT2D eigenvalue weighted by Gasteiger charge is 2.25. The molecule has 18 heavy (non-hydrogen) atoms. The van der Waals surface area contributed by atoms with Gasteiger partial charge < -0.3 is 10.1 Å². The van der Waals surface area contributed by atoms with Gasteiger partial charge >= 0.3 is 0 Å². The van der Waals surface area contributed by atoms with Gasteiger partial charge in [-0.1, -0.05) is 6.07 Å². The molecule has 1 aliphatic rings. The van der Waals surface area contributed by atoms with Crippen molar-refractivity contribution in [2.45, 2.75) is 25.9 Å². The number of ether oxygens (including phenoxy) is 1. The number of hydrogen-bond acceptors (Lipinski definition) is 4. The van der Waals surface area contributed by atoms with E-state index >= 15 is 0 Å². The second-order valence-corrected chi connectivity index (χ2v) is 4.27. The van der Waals surface area contributed by atoms with E-state index in [0.29, 0.717) is 13.0 Å². The molecule has 0 aliphatic carbocycles. The fraction of sp³-hybridized carbons (Fsp3) is 0.417. The van der Waals surface area contributed by atoms with Crippen molar-refractivity contribution in [3.8, 4) is 0 Å². The summed E-state index contributed by atoms with van der Waals surface area (Å²) in [5.74, 6) is -0.320. The molecule has 96 valence electrons. The summed E-state index contributed by atoms with van der Waals surface area (Å²) in [5, 5.41) is 13.5. The number of rotatable bonds is 3. The third kappa shape index (κ3) is 2.65. The Bertz CT molecular complexity index is 481. The van der Waals surface area contributed by atoms with Crippen LogP contribution in [0.4, 0.5) is 11.4 Å². The normalized spacial score (nSPS) is 18.6. The predicted octanol–water partition coefficient (Wildman–Crippen LogP) is 2.02. The maximum Gasteiger partial charge on any atom is 0.293 e. The molecule has 1 amide bonds. The lowest BCUT2D eigenvalue weighted by Gasteiger charge is -2.10. The van der Waals surface area contributed by atoms with E-state index < -0.39 is 11.0 Å². The van der Waals surface area contributed by atoms with Crippen LogP contribution in [0.1, 0.15) is 18.4 Å². The number of nitro groups is 1. The van der Waals surface area contributed by atoms with Crippen LogP contribution in [-0.4, -0.2) is 23.5 Å². The third-order valence-electron chi connectivity index (χ3n) is 2.83. The molecule has 0 saturated carbocycles. The van der Waals surface area contributed by atoms with E-state index in [2.05, 4.69) is 5.32 Å². The number of benzene rings is 1. The highest BCUT2D eigenvalue weighted by Crippen LogP contribution is 2.26. The first kappa shape index (κ1) is 12.5. The van der Waals surface area contributed by atoms with Gasteiger partial charge in [0.2, 0.25) is 0 Å². The number of carbonyl (C=O) groups excluding carboxylic acids is 1. The maximum absolute atomic E-state index is 11.8. The number of hydrogen-bond donors (Lipinski definition) is 1. The molecular formula is C12H14N2O4. The molecule has 0 bridgehead atoms. The zero-order valence-corrected chi connectivity index (χ0v) is 10.0. The fourth-order valence-electron chi connectivity index (χ4n) is 1.90. The van der Waals surface area contributed by atoms with Crippen molar-refractivity contribution in [3.05, 3.63) is 33.9 Å². The van der Waals surface area contributed by atoms with E-state index in [0.717, 1.165) is 12.0 Å². The number of carbonyl (C=O) groups is 1. The van der Waals surface area contributed by atoms with Gasteiger partial charge in [-0.15, -0.1) is 0 Å². The van der Waals surface area contributed by atoms with Crippen molar-refractivity contribution in [1.82, 2.24) is 0 Å². The minimum Gasteiger partial charge on any atom is -0.368 e. The van der Waals surface area contributed by atoms with Crippen molar-refractivity contribution in [2.75, 3.05) is 11.9 Å². The van der Waals surface area contributed by atoms with Gasteiger partial charge in [-0.05, 0) is 31.4 Å². The van der Waals surface area contributed by atoms with Crippen LogP contribution in [0.5, 0.6) is 0 Å². The smallest absolute Gasteiger partial charge is 0.293 e. The molecule has 1 aromatic carbocycles. The van der Waals surface area contributed by atoms with Gasteiger partial charge in [-0.25, -0.2) is 0 Å². The Labute approximate surface area is 104 Å². The molecule has 0 unspecified atom stereocenters. The summed E-state index contributed by atoms with van der Waals surface area (Å²) in [6.07, 6.45) is 1.01. The van der Waals surface area contributed by atoms with E-state index in [1.165, 1.54) is 6.07 Å². The average molecular weight is 250 g/mol.